The van der Waals surface area contributed by atoms with Crippen LogP contribution < -0.4 is 31.3 Å². The average Bonchev–Trinajstić information content (AvgIpc) is 3.00. The zero-order chi connectivity index (χ0) is 37.8. The van der Waals surface area contributed by atoms with Crippen molar-refractivity contribution in [1.29, 1.82) is 0 Å². The Labute approximate surface area is 292 Å². The topological polar surface area (TPSA) is 173 Å². The van der Waals surface area contributed by atoms with Gasteiger partial charge in [0.05, 0.1) is 18.2 Å². The quantitative estimate of drug-likeness (QED) is 0.107. The fourth-order valence-corrected chi connectivity index (χ4v) is 5.15. The van der Waals surface area contributed by atoms with E-state index in [0.717, 1.165) is 22.9 Å². The minimum absolute atomic E-state index is 0.00273. The van der Waals surface area contributed by atoms with E-state index >= 15 is 0 Å². The van der Waals surface area contributed by atoms with Gasteiger partial charge in [-0.3, -0.25) is 29.2 Å². The van der Waals surface area contributed by atoms with Gasteiger partial charge in [-0.2, -0.15) is 0 Å². The third-order valence-electron chi connectivity index (χ3n) is 7.68. The Hall–Kier alpha value is -4.66. The van der Waals surface area contributed by atoms with Crippen LogP contribution in [0, 0.1) is 23.0 Å². The molecular weight excluding hydrogens is 652 g/mol. The summed E-state index contributed by atoms with van der Waals surface area (Å²) in [4.78, 5) is 66.4. The van der Waals surface area contributed by atoms with Crippen molar-refractivity contribution in [1.82, 2.24) is 31.5 Å². The second-order valence-corrected chi connectivity index (χ2v) is 14.0. The minimum Gasteiger partial charge on any atom is -0.355 e. The molecule has 5 amide bonds. The summed E-state index contributed by atoms with van der Waals surface area (Å²) < 4.78 is 28.8. The fourth-order valence-electron chi connectivity index (χ4n) is 5.15. The van der Waals surface area contributed by atoms with Crippen LogP contribution >= 0.6 is 0 Å². The number of benzene rings is 1. The number of amides is 5. The van der Waals surface area contributed by atoms with Crippen LogP contribution in [0.5, 0.6) is 0 Å². The van der Waals surface area contributed by atoms with Crippen molar-refractivity contribution >= 4 is 29.5 Å². The molecule has 2 aromatic rings. The Morgan fingerprint density at radius 1 is 0.920 bits per heavy atom. The maximum absolute atomic E-state index is 14.0. The van der Waals surface area contributed by atoms with Gasteiger partial charge < -0.3 is 31.5 Å². The molecule has 0 fully saturated rings. The zero-order valence-electron chi connectivity index (χ0n) is 30.1. The van der Waals surface area contributed by atoms with Gasteiger partial charge in [-0.05, 0) is 55.7 Å². The Bertz CT molecular complexity index is 1460. The molecule has 15 heteroatoms. The van der Waals surface area contributed by atoms with E-state index in [1.54, 1.807) is 27.7 Å². The van der Waals surface area contributed by atoms with Gasteiger partial charge in [-0.25, -0.2) is 8.78 Å². The lowest BCUT2D eigenvalue weighted by atomic mass is 9.87. The molecule has 6 N–H and O–H groups in total. The molecule has 0 aliphatic rings. The number of aromatic nitrogens is 1. The highest BCUT2D eigenvalue weighted by Gasteiger charge is 2.31. The molecule has 276 valence electrons. The van der Waals surface area contributed by atoms with E-state index in [4.69, 9.17) is 0 Å². The number of carbonyl (C=O) groups is 5. The van der Waals surface area contributed by atoms with Crippen molar-refractivity contribution < 1.29 is 42.7 Å². The molecule has 50 heavy (non-hydrogen) atoms. The normalized spacial score (nSPS) is 13.8. The third kappa shape index (κ3) is 14.1. The van der Waals surface area contributed by atoms with Crippen LogP contribution in [0.3, 0.4) is 0 Å². The predicted octanol–water partition coefficient (Wildman–Crippen LogP) is 1.47. The van der Waals surface area contributed by atoms with Crippen molar-refractivity contribution in [3.63, 3.8) is 0 Å². The molecule has 2 rings (SSSR count). The number of nitrogens with one attached hydrogen (secondary N) is 5. The second kappa shape index (κ2) is 18.9. The van der Waals surface area contributed by atoms with Crippen molar-refractivity contribution in [3.05, 3.63) is 65.5 Å². The number of halogens is 2. The number of likely N-dealkylation sites (N-methyl/N-ethyl adjacent to an activating group) is 2. The van der Waals surface area contributed by atoms with Crippen molar-refractivity contribution in [2.75, 3.05) is 26.7 Å². The predicted molar refractivity (Wildman–Crippen MR) is 182 cm³/mol. The first-order valence-corrected chi connectivity index (χ1v) is 16.6. The Morgan fingerprint density at radius 3 is 2.06 bits per heavy atom. The highest BCUT2D eigenvalue weighted by Crippen LogP contribution is 2.22. The van der Waals surface area contributed by atoms with E-state index in [1.807, 2.05) is 20.8 Å². The molecule has 0 saturated carbocycles. The molecule has 0 spiro atoms. The summed E-state index contributed by atoms with van der Waals surface area (Å²) in [6.45, 7) is 12.7. The highest BCUT2D eigenvalue weighted by atomic mass is 19.1. The largest absolute Gasteiger partial charge is 0.355 e. The van der Waals surface area contributed by atoms with E-state index in [1.165, 1.54) is 36.5 Å². The first-order valence-electron chi connectivity index (χ1n) is 16.6. The lowest BCUT2D eigenvalue weighted by molar-refractivity contribution is -0.904. The summed E-state index contributed by atoms with van der Waals surface area (Å²) in [6.07, 6.45) is 2.79. The maximum Gasteiger partial charge on any atom is 0.252 e. The van der Waals surface area contributed by atoms with Crippen LogP contribution in [0.1, 0.15) is 70.8 Å². The first kappa shape index (κ1) is 41.5. The summed E-state index contributed by atoms with van der Waals surface area (Å²) in [7, 11) is 1.42. The SMILES string of the molecule is CCNC(=O)C(NC(=O)[C@H](C)NCC(Cc1cc(F)cc(F)c1)NC(=O)CN(C)C(=O)C(CC(C)(C)C)NC(=O)c1cc[n+](O)cc1)C(C)C. The number of hydrogen-bond donors (Lipinski definition) is 6. The van der Waals surface area contributed by atoms with Crippen LogP contribution in [-0.2, 0) is 25.6 Å². The molecule has 0 aliphatic heterocycles. The third-order valence-corrected chi connectivity index (χ3v) is 7.68. The number of rotatable bonds is 17. The number of nitrogens with zero attached hydrogens (tertiary/aromatic N) is 2. The Kier molecular flexibility index (Phi) is 15.7. The summed E-state index contributed by atoms with van der Waals surface area (Å²) in [5, 5.41) is 23.4. The monoisotopic (exact) mass is 704 g/mol. The van der Waals surface area contributed by atoms with Crippen LogP contribution in [0.25, 0.3) is 0 Å². The van der Waals surface area contributed by atoms with Crippen LogP contribution in [0.15, 0.2) is 42.7 Å². The molecule has 0 aliphatic carbocycles. The number of carbonyl (C=O) groups excluding carboxylic acids is 5. The van der Waals surface area contributed by atoms with Gasteiger partial charge in [0.2, 0.25) is 36.0 Å². The van der Waals surface area contributed by atoms with Crippen LogP contribution in [0.4, 0.5) is 8.78 Å². The van der Waals surface area contributed by atoms with Gasteiger partial charge in [0, 0.05) is 49.1 Å². The minimum atomic E-state index is -0.983. The van der Waals surface area contributed by atoms with Crippen molar-refractivity contribution in [2.24, 2.45) is 11.3 Å². The van der Waals surface area contributed by atoms with Crippen LogP contribution in [-0.4, -0.2) is 90.5 Å². The first-order chi connectivity index (χ1) is 23.3. The molecule has 1 aromatic heterocycles. The van der Waals surface area contributed by atoms with E-state index in [2.05, 4.69) is 26.6 Å². The molecule has 1 aromatic carbocycles. The number of hydrogen-bond acceptors (Lipinski definition) is 7. The highest BCUT2D eigenvalue weighted by molar-refractivity contribution is 5.98. The lowest BCUT2D eigenvalue weighted by Crippen LogP contribution is -2.56. The Morgan fingerprint density at radius 2 is 1.52 bits per heavy atom. The van der Waals surface area contributed by atoms with E-state index in [0.29, 0.717) is 6.54 Å². The Balaban J connectivity index is 2.18. The van der Waals surface area contributed by atoms with Gasteiger partial charge >= 0.3 is 0 Å². The lowest BCUT2D eigenvalue weighted by Gasteiger charge is -2.30. The molecule has 0 radical (unpaired) electrons. The van der Waals surface area contributed by atoms with Gasteiger partial charge in [0.1, 0.15) is 23.7 Å². The van der Waals surface area contributed by atoms with Gasteiger partial charge in [0.25, 0.3) is 5.91 Å². The zero-order valence-corrected chi connectivity index (χ0v) is 30.1. The van der Waals surface area contributed by atoms with Gasteiger partial charge in [-0.15, -0.1) is 0 Å². The molecule has 3 unspecified atom stereocenters. The van der Waals surface area contributed by atoms with Gasteiger partial charge in [0.15, 0.2) is 0 Å². The molecular formula is C35H52F2N7O6+. The molecule has 4 atom stereocenters. The smallest absolute Gasteiger partial charge is 0.252 e. The number of pyridine rings is 1. The van der Waals surface area contributed by atoms with E-state index in [9.17, 15) is 38.0 Å². The fraction of sp³-hybridized carbons (Fsp3) is 0.543. The van der Waals surface area contributed by atoms with Gasteiger partial charge in [-0.1, -0.05) is 34.6 Å². The standard InChI is InChI=1S/C35H51F2N7O6/c1-9-38-33(48)30(21(2)3)42-31(46)22(4)39-19-27(16-23-14-25(36)17-26(37)15-23)40-29(45)20-43(8)34(49)28(18-35(5,6)7)41-32(47)24-10-12-44(50)13-11-24/h10-15,17,21-22,27-28,30,39H,9,16,18-20H2,1-8H3,(H4-,38,40,41,42,45,46,47,48,50)/p+1/t22-,27?,28?,30?/m0/s1. The second-order valence-electron chi connectivity index (χ2n) is 14.0. The van der Waals surface area contributed by atoms with E-state index in [-0.39, 0.29) is 47.8 Å². The average molecular weight is 705 g/mol. The molecule has 0 saturated heterocycles. The summed E-state index contributed by atoms with van der Waals surface area (Å²) in [5.41, 5.74) is 0.0995. The summed E-state index contributed by atoms with van der Waals surface area (Å²) >= 11 is 0. The van der Waals surface area contributed by atoms with Crippen molar-refractivity contribution in [3.8, 4) is 0 Å². The molecule has 0 bridgehead atoms. The van der Waals surface area contributed by atoms with Crippen molar-refractivity contribution in [2.45, 2.75) is 85.5 Å². The molecule has 1 heterocycles. The maximum atomic E-state index is 14.0. The molecule has 13 nitrogen and oxygen atoms in total. The summed E-state index contributed by atoms with van der Waals surface area (Å²) in [6, 6.07) is 2.45. The summed E-state index contributed by atoms with van der Waals surface area (Å²) in [5.74, 6) is -4.19. The van der Waals surface area contributed by atoms with E-state index < -0.39 is 66.0 Å². The van der Waals surface area contributed by atoms with Crippen LogP contribution in [0.2, 0.25) is 0 Å².